The third kappa shape index (κ3) is 4.21. The first-order valence-corrected chi connectivity index (χ1v) is 9.38. The molecular formula is C22H19BrN4O. The van der Waals surface area contributed by atoms with Gasteiger partial charge in [-0.3, -0.25) is 0 Å². The molecule has 2 aromatic carbocycles. The lowest BCUT2D eigenvalue weighted by Crippen LogP contribution is -2.07. The van der Waals surface area contributed by atoms with Gasteiger partial charge in [-0.25, -0.2) is 9.98 Å². The van der Waals surface area contributed by atoms with E-state index in [9.17, 15) is 5.26 Å². The molecule has 3 rings (SSSR count). The Balaban J connectivity index is 2.29. The molecule has 0 saturated carbocycles. The molecule has 28 heavy (non-hydrogen) atoms. The highest BCUT2D eigenvalue weighted by molar-refractivity contribution is 9.10. The first-order chi connectivity index (χ1) is 13.5. The third-order valence-corrected chi connectivity index (χ3v) is 4.59. The van der Waals surface area contributed by atoms with Gasteiger partial charge in [-0.2, -0.15) is 5.26 Å². The number of pyridine rings is 1. The molecule has 0 atom stereocenters. The number of aliphatic imine (C=N–C) groups is 1. The minimum absolute atomic E-state index is 0.373. The Hall–Kier alpha value is -3.17. The Morgan fingerprint density at radius 1 is 1.11 bits per heavy atom. The Bertz CT molecular complexity index is 1050. The number of ether oxygens (including phenoxy) is 1. The van der Waals surface area contributed by atoms with Gasteiger partial charge in [-0.1, -0.05) is 40.2 Å². The third-order valence-electron chi connectivity index (χ3n) is 4.06. The summed E-state index contributed by atoms with van der Waals surface area (Å²) in [6, 6.07) is 19.7. The predicted molar refractivity (Wildman–Crippen MR) is 116 cm³/mol. The Kier molecular flexibility index (Phi) is 6.07. The summed E-state index contributed by atoms with van der Waals surface area (Å²) >= 11 is 3.46. The van der Waals surface area contributed by atoms with Gasteiger partial charge in [0, 0.05) is 29.7 Å². The highest BCUT2D eigenvalue weighted by Crippen LogP contribution is 2.36. The molecule has 0 aliphatic heterocycles. The molecule has 0 radical (unpaired) electrons. The van der Waals surface area contributed by atoms with Crippen LogP contribution in [0.3, 0.4) is 0 Å². The maximum absolute atomic E-state index is 9.83. The van der Waals surface area contributed by atoms with Crippen LogP contribution in [0.4, 0.5) is 5.82 Å². The molecule has 0 aliphatic rings. The molecule has 0 unspecified atom stereocenters. The van der Waals surface area contributed by atoms with E-state index in [1.54, 1.807) is 18.3 Å². The zero-order chi connectivity index (χ0) is 20.1. The molecule has 0 spiro atoms. The van der Waals surface area contributed by atoms with E-state index in [0.29, 0.717) is 22.8 Å². The zero-order valence-corrected chi connectivity index (χ0v) is 17.4. The number of nitriles is 1. The average Bonchev–Trinajstić information content (AvgIpc) is 2.72. The molecule has 0 fully saturated rings. The van der Waals surface area contributed by atoms with Crippen LogP contribution in [0.15, 0.2) is 64.1 Å². The largest absolute Gasteiger partial charge is 0.496 e. The summed E-state index contributed by atoms with van der Waals surface area (Å²) in [6.07, 6.45) is 1.64. The number of halogens is 1. The van der Waals surface area contributed by atoms with E-state index in [1.807, 2.05) is 68.7 Å². The zero-order valence-electron chi connectivity index (χ0n) is 15.8. The molecular weight excluding hydrogens is 416 g/mol. The van der Waals surface area contributed by atoms with E-state index in [1.165, 1.54) is 0 Å². The van der Waals surface area contributed by atoms with Crippen molar-refractivity contribution < 1.29 is 4.74 Å². The number of nitrogens with zero attached hydrogens (tertiary/aromatic N) is 4. The van der Waals surface area contributed by atoms with Crippen LogP contribution >= 0.6 is 15.9 Å². The summed E-state index contributed by atoms with van der Waals surface area (Å²) in [4.78, 5) is 10.9. The summed E-state index contributed by atoms with van der Waals surface area (Å²) < 4.78 is 6.47. The number of hydrogen-bond acceptors (Lipinski definition) is 4. The maximum atomic E-state index is 9.83. The van der Waals surface area contributed by atoms with Crippen LogP contribution in [-0.2, 0) is 0 Å². The lowest BCUT2D eigenvalue weighted by molar-refractivity contribution is 0.416. The van der Waals surface area contributed by atoms with Crippen molar-refractivity contribution in [3.8, 4) is 34.2 Å². The second kappa shape index (κ2) is 8.68. The van der Waals surface area contributed by atoms with Gasteiger partial charge >= 0.3 is 0 Å². The molecule has 0 N–H and O–H groups in total. The van der Waals surface area contributed by atoms with Gasteiger partial charge in [0.1, 0.15) is 17.4 Å². The van der Waals surface area contributed by atoms with Gasteiger partial charge in [-0.15, -0.1) is 0 Å². The van der Waals surface area contributed by atoms with E-state index < -0.39 is 0 Å². The van der Waals surface area contributed by atoms with E-state index in [2.05, 4.69) is 32.0 Å². The Morgan fingerprint density at radius 2 is 1.82 bits per heavy atom. The fraction of sp³-hybridized carbons (Fsp3) is 0.136. The Labute approximate surface area is 173 Å². The van der Waals surface area contributed by atoms with Crippen molar-refractivity contribution >= 4 is 28.1 Å². The van der Waals surface area contributed by atoms with Crippen molar-refractivity contribution in [3.63, 3.8) is 0 Å². The van der Waals surface area contributed by atoms with Crippen LogP contribution in [0.25, 0.3) is 22.4 Å². The van der Waals surface area contributed by atoms with Crippen LogP contribution < -0.4 is 4.74 Å². The lowest BCUT2D eigenvalue weighted by atomic mass is 9.98. The van der Waals surface area contributed by atoms with Gasteiger partial charge in [0.05, 0.1) is 19.1 Å². The molecule has 5 nitrogen and oxygen atoms in total. The first-order valence-electron chi connectivity index (χ1n) is 8.58. The van der Waals surface area contributed by atoms with Crippen LogP contribution in [0.5, 0.6) is 5.75 Å². The van der Waals surface area contributed by atoms with E-state index >= 15 is 0 Å². The van der Waals surface area contributed by atoms with Crippen LogP contribution in [0.1, 0.15) is 5.56 Å². The van der Waals surface area contributed by atoms with Crippen molar-refractivity contribution in [2.75, 3.05) is 21.2 Å². The standard InChI is InChI=1S/C22H19BrN4O/c1-27(2)14-25-22-19(13-24)18(15-8-10-16(23)11-9-15)12-20(26-22)17-6-4-5-7-21(17)28-3/h4-12,14H,1-3H3/b25-14+. The highest BCUT2D eigenvalue weighted by atomic mass is 79.9. The first kappa shape index (κ1) is 19.6. The van der Waals surface area contributed by atoms with Gasteiger partial charge in [0.2, 0.25) is 0 Å². The van der Waals surface area contributed by atoms with Crippen molar-refractivity contribution in [1.82, 2.24) is 9.88 Å². The monoisotopic (exact) mass is 434 g/mol. The summed E-state index contributed by atoms with van der Waals surface area (Å²) in [7, 11) is 5.37. The number of hydrogen-bond donors (Lipinski definition) is 0. The van der Waals surface area contributed by atoms with Gasteiger partial charge in [-0.05, 0) is 35.9 Å². The minimum atomic E-state index is 0.373. The number of aromatic nitrogens is 1. The highest BCUT2D eigenvalue weighted by Gasteiger charge is 2.16. The summed E-state index contributed by atoms with van der Waals surface area (Å²) in [5, 5.41) is 9.83. The molecule has 0 aliphatic carbocycles. The number of rotatable bonds is 5. The van der Waals surface area contributed by atoms with Gasteiger partial charge in [0.25, 0.3) is 0 Å². The van der Waals surface area contributed by atoms with Gasteiger partial charge in [0.15, 0.2) is 5.82 Å². The molecule has 1 heterocycles. The van der Waals surface area contributed by atoms with Crippen molar-refractivity contribution in [2.24, 2.45) is 4.99 Å². The van der Waals surface area contributed by atoms with Gasteiger partial charge < -0.3 is 9.64 Å². The Morgan fingerprint density at radius 3 is 2.46 bits per heavy atom. The topological polar surface area (TPSA) is 61.5 Å². The van der Waals surface area contributed by atoms with Crippen LogP contribution in [-0.4, -0.2) is 37.4 Å². The molecule has 140 valence electrons. The van der Waals surface area contributed by atoms with E-state index in [4.69, 9.17) is 4.74 Å². The fourth-order valence-electron chi connectivity index (χ4n) is 2.76. The van der Waals surface area contributed by atoms with Crippen molar-refractivity contribution in [2.45, 2.75) is 0 Å². The average molecular weight is 435 g/mol. The van der Waals surface area contributed by atoms with E-state index in [-0.39, 0.29) is 0 Å². The molecule has 1 aromatic heterocycles. The van der Waals surface area contributed by atoms with Crippen molar-refractivity contribution in [3.05, 3.63) is 64.6 Å². The SMILES string of the molecule is COc1ccccc1-c1cc(-c2ccc(Br)cc2)c(C#N)c(/N=C/N(C)C)n1. The quantitative estimate of drug-likeness (QED) is 0.404. The van der Waals surface area contributed by atoms with E-state index in [0.717, 1.165) is 21.2 Å². The summed E-state index contributed by atoms with van der Waals surface area (Å²) in [6.45, 7) is 0. The molecule has 0 amide bonds. The number of methoxy groups -OCH3 is 1. The second-order valence-corrected chi connectivity index (χ2v) is 7.20. The van der Waals surface area contributed by atoms with Crippen LogP contribution in [0.2, 0.25) is 0 Å². The molecule has 6 heteroatoms. The van der Waals surface area contributed by atoms with Crippen molar-refractivity contribution in [1.29, 1.82) is 5.26 Å². The molecule has 0 bridgehead atoms. The normalized spacial score (nSPS) is 10.7. The predicted octanol–water partition coefficient (Wildman–Crippen LogP) is 5.28. The number of para-hydroxylation sites is 1. The maximum Gasteiger partial charge on any atom is 0.172 e. The number of benzene rings is 2. The molecule has 0 saturated heterocycles. The summed E-state index contributed by atoms with van der Waals surface area (Å²) in [5.74, 6) is 1.08. The smallest absolute Gasteiger partial charge is 0.172 e. The molecule has 3 aromatic rings. The fourth-order valence-corrected chi connectivity index (χ4v) is 3.02. The van der Waals surface area contributed by atoms with Crippen LogP contribution in [0, 0.1) is 11.3 Å². The lowest BCUT2D eigenvalue weighted by Gasteiger charge is -2.13. The summed E-state index contributed by atoms with van der Waals surface area (Å²) in [5.41, 5.74) is 3.66. The second-order valence-electron chi connectivity index (χ2n) is 6.28. The minimum Gasteiger partial charge on any atom is -0.496 e.